The molecule has 0 bridgehead atoms. The molecule has 3 N–H and O–H groups in total. The zero-order valence-electron chi connectivity index (χ0n) is 8.66. The summed E-state index contributed by atoms with van der Waals surface area (Å²) in [5.74, 6) is 0.859. The van der Waals surface area contributed by atoms with Crippen LogP contribution < -0.4 is 15.8 Å². The third-order valence-corrected chi connectivity index (χ3v) is 2.45. The van der Waals surface area contributed by atoms with E-state index in [1.807, 2.05) is 36.5 Å². The number of hydrogen-bond donors (Lipinski definition) is 2. The molecule has 0 aliphatic carbocycles. The van der Waals surface area contributed by atoms with Crippen LogP contribution in [-0.2, 0) is 0 Å². The minimum absolute atomic E-state index is 0.772. The number of benzene rings is 1. The highest BCUT2D eigenvalue weighted by atomic mass is 16.5. The van der Waals surface area contributed by atoms with Crippen molar-refractivity contribution in [2.45, 2.75) is 0 Å². The van der Waals surface area contributed by atoms with Gasteiger partial charge in [0.1, 0.15) is 5.75 Å². The van der Waals surface area contributed by atoms with Crippen LogP contribution in [-0.4, -0.2) is 13.7 Å². The minimum atomic E-state index is 0.772. The summed E-state index contributed by atoms with van der Waals surface area (Å²) in [5, 5.41) is 3.14. The van der Waals surface area contributed by atoms with E-state index in [4.69, 9.17) is 10.5 Å². The third-order valence-electron chi connectivity index (χ3n) is 2.45. The molecule has 0 radical (unpaired) electrons. The first-order valence-electron chi connectivity index (χ1n) is 4.84. The van der Waals surface area contributed by atoms with E-state index in [9.17, 15) is 0 Å². The first-order valence-corrected chi connectivity index (χ1v) is 4.84. The van der Waals surface area contributed by atoms with Crippen molar-refractivity contribution < 1.29 is 4.74 Å². The van der Waals surface area contributed by atoms with Crippen molar-refractivity contribution in [3.63, 3.8) is 0 Å². The van der Waals surface area contributed by atoms with Gasteiger partial charge in [-0.25, -0.2) is 0 Å². The Kier molecular flexibility index (Phi) is 2.63. The molecule has 1 aromatic carbocycles. The summed E-state index contributed by atoms with van der Waals surface area (Å²) in [4.78, 5) is 0. The SMILES string of the molecule is COc1ccc(C2=C(N)C=CNC2)cc1. The molecule has 1 aromatic rings. The topological polar surface area (TPSA) is 47.3 Å². The van der Waals surface area contributed by atoms with E-state index in [0.29, 0.717) is 0 Å². The van der Waals surface area contributed by atoms with Gasteiger partial charge >= 0.3 is 0 Å². The summed E-state index contributed by atoms with van der Waals surface area (Å²) in [6.45, 7) is 0.772. The highest BCUT2D eigenvalue weighted by Gasteiger charge is 2.07. The van der Waals surface area contributed by atoms with Crippen LogP contribution in [0.2, 0.25) is 0 Å². The lowest BCUT2D eigenvalue weighted by atomic mass is 10.0. The number of methoxy groups -OCH3 is 1. The maximum atomic E-state index is 5.90. The lowest BCUT2D eigenvalue weighted by Gasteiger charge is -2.14. The first kappa shape index (κ1) is 9.65. The van der Waals surface area contributed by atoms with Crippen molar-refractivity contribution >= 4 is 5.57 Å². The molecule has 3 nitrogen and oxygen atoms in total. The Bertz CT molecular complexity index is 404. The zero-order chi connectivity index (χ0) is 10.7. The van der Waals surface area contributed by atoms with E-state index >= 15 is 0 Å². The highest BCUT2D eigenvalue weighted by Crippen LogP contribution is 2.21. The Hall–Kier alpha value is -1.90. The van der Waals surface area contributed by atoms with Gasteiger partial charge in [0.15, 0.2) is 0 Å². The zero-order valence-corrected chi connectivity index (χ0v) is 8.66. The third kappa shape index (κ3) is 1.96. The highest BCUT2D eigenvalue weighted by molar-refractivity contribution is 5.72. The monoisotopic (exact) mass is 202 g/mol. The van der Waals surface area contributed by atoms with Gasteiger partial charge in [-0.05, 0) is 30.0 Å². The average molecular weight is 202 g/mol. The van der Waals surface area contributed by atoms with E-state index in [-0.39, 0.29) is 0 Å². The molecule has 1 heterocycles. The van der Waals surface area contributed by atoms with Gasteiger partial charge in [-0.1, -0.05) is 12.1 Å². The maximum Gasteiger partial charge on any atom is 0.118 e. The van der Waals surface area contributed by atoms with Crippen LogP contribution in [0.4, 0.5) is 0 Å². The number of hydrogen-bond acceptors (Lipinski definition) is 3. The molecule has 1 aliphatic heterocycles. The molecule has 0 saturated carbocycles. The Morgan fingerprint density at radius 3 is 2.60 bits per heavy atom. The molecule has 0 spiro atoms. The molecule has 0 atom stereocenters. The minimum Gasteiger partial charge on any atom is -0.497 e. The van der Waals surface area contributed by atoms with E-state index in [0.717, 1.165) is 29.1 Å². The number of ether oxygens (including phenoxy) is 1. The number of rotatable bonds is 2. The molecule has 0 fully saturated rings. The summed E-state index contributed by atoms with van der Waals surface area (Å²) in [6.07, 6.45) is 3.74. The predicted molar refractivity (Wildman–Crippen MR) is 61.2 cm³/mol. The number of dihydropyridines is 1. The van der Waals surface area contributed by atoms with E-state index < -0.39 is 0 Å². The lowest BCUT2D eigenvalue weighted by Crippen LogP contribution is -2.17. The summed E-state index contributed by atoms with van der Waals surface area (Å²) < 4.78 is 5.11. The van der Waals surface area contributed by atoms with Gasteiger partial charge in [0.25, 0.3) is 0 Å². The second-order valence-corrected chi connectivity index (χ2v) is 3.38. The van der Waals surface area contributed by atoms with Gasteiger partial charge in [-0.15, -0.1) is 0 Å². The van der Waals surface area contributed by atoms with Gasteiger partial charge in [-0.3, -0.25) is 0 Å². The van der Waals surface area contributed by atoms with Crippen molar-refractivity contribution in [1.29, 1.82) is 0 Å². The smallest absolute Gasteiger partial charge is 0.118 e. The second kappa shape index (κ2) is 4.09. The van der Waals surface area contributed by atoms with E-state index in [1.165, 1.54) is 0 Å². The van der Waals surface area contributed by atoms with Crippen molar-refractivity contribution in [1.82, 2.24) is 5.32 Å². The Morgan fingerprint density at radius 1 is 1.27 bits per heavy atom. The van der Waals surface area contributed by atoms with Crippen LogP contribution in [0.15, 0.2) is 42.2 Å². The molecular weight excluding hydrogens is 188 g/mol. The van der Waals surface area contributed by atoms with Crippen molar-refractivity contribution in [3.05, 3.63) is 47.8 Å². The van der Waals surface area contributed by atoms with Gasteiger partial charge in [0.05, 0.1) is 7.11 Å². The molecule has 0 aromatic heterocycles. The standard InChI is InChI=1S/C12H14N2O/c1-15-10-4-2-9(3-5-10)11-8-14-7-6-12(11)13/h2-7,14H,8,13H2,1H3. The van der Waals surface area contributed by atoms with Gasteiger partial charge < -0.3 is 15.8 Å². The normalized spacial score (nSPS) is 15.0. The van der Waals surface area contributed by atoms with Gasteiger partial charge in [0.2, 0.25) is 0 Å². The van der Waals surface area contributed by atoms with Crippen LogP contribution in [0.3, 0.4) is 0 Å². The molecule has 15 heavy (non-hydrogen) atoms. The molecule has 2 rings (SSSR count). The van der Waals surface area contributed by atoms with Crippen LogP contribution in [0.1, 0.15) is 5.56 Å². The predicted octanol–water partition coefficient (Wildman–Crippen LogP) is 1.48. The van der Waals surface area contributed by atoms with Crippen LogP contribution in [0, 0.1) is 0 Å². The molecule has 0 saturated heterocycles. The average Bonchev–Trinajstić information content (AvgIpc) is 2.30. The fourth-order valence-corrected chi connectivity index (χ4v) is 1.57. The lowest BCUT2D eigenvalue weighted by molar-refractivity contribution is 0.415. The summed E-state index contributed by atoms with van der Waals surface area (Å²) >= 11 is 0. The molecule has 1 aliphatic rings. The van der Waals surface area contributed by atoms with Crippen molar-refractivity contribution in [2.75, 3.05) is 13.7 Å². The fraction of sp³-hybridized carbons (Fsp3) is 0.167. The van der Waals surface area contributed by atoms with E-state index in [2.05, 4.69) is 5.32 Å². The van der Waals surface area contributed by atoms with Crippen LogP contribution in [0.25, 0.3) is 5.57 Å². The number of nitrogens with two attached hydrogens (primary N) is 1. The summed E-state index contributed by atoms with van der Waals surface area (Å²) in [7, 11) is 1.66. The van der Waals surface area contributed by atoms with Crippen molar-refractivity contribution in [3.8, 4) is 5.75 Å². The summed E-state index contributed by atoms with van der Waals surface area (Å²) in [6, 6.07) is 7.91. The maximum absolute atomic E-state index is 5.90. The quantitative estimate of drug-likeness (QED) is 0.763. The van der Waals surface area contributed by atoms with Gasteiger partial charge in [-0.2, -0.15) is 0 Å². The number of allylic oxidation sites excluding steroid dienone is 1. The first-order chi connectivity index (χ1) is 7.31. The molecular formula is C12H14N2O. The van der Waals surface area contributed by atoms with Crippen LogP contribution in [0.5, 0.6) is 5.75 Å². The Labute approximate surface area is 89.2 Å². The largest absolute Gasteiger partial charge is 0.497 e. The second-order valence-electron chi connectivity index (χ2n) is 3.38. The molecule has 3 heteroatoms. The molecule has 0 unspecified atom stereocenters. The van der Waals surface area contributed by atoms with Gasteiger partial charge in [0, 0.05) is 17.8 Å². The Morgan fingerprint density at radius 2 is 2.00 bits per heavy atom. The van der Waals surface area contributed by atoms with Crippen molar-refractivity contribution in [2.24, 2.45) is 5.73 Å². The van der Waals surface area contributed by atoms with Crippen LogP contribution >= 0.6 is 0 Å². The summed E-state index contributed by atoms with van der Waals surface area (Å²) in [5.41, 5.74) is 8.98. The molecule has 78 valence electrons. The number of nitrogens with one attached hydrogen (secondary N) is 1. The Balaban J connectivity index is 2.33. The fourth-order valence-electron chi connectivity index (χ4n) is 1.57. The van der Waals surface area contributed by atoms with E-state index in [1.54, 1.807) is 7.11 Å². The molecule has 0 amide bonds.